The van der Waals surface area contributed by atoms with Crippen molar-refractivity contribution in [3.05, 3.63) is 112 Å². The Morgan fingerprint density at radius 1 is 1.05 bits per heavy atom. The lowest BCUT2D eigenvalue weighted by Gasteiger charge is -2.17. The smallest absolute Gasteiger partial charge is 0.268 e. The molecule has 0 radical (unpaired) electrons. The summed E-state index contributed by atoms with van der Waals surface area (Å²) in [5.41, 5.74) is 2.07. The molecule has 6 aromatic rings. The molecule has 0 fully saturated rings. The molecule has 0 aliphatic rings. The van der Waals surface area contributed by atoms with Gasteiger partial charge in [0.15, 0.2) is 11.6 Å². The number of aromatic nitrogens is 4. The predicted octanol–water partition coefficient (Wildman–Crippen LogP) is 7.59. The van der Waals surface area contributed by atoms with E-state index in [-0.39, 0.29) is 17.0 Å². The van der Waals surface area contributed by atoms with Crippen molar-refractivity contribution in [3.8, 4) is 27.8 Å². The summed E-state index contributed by atoms with van der Waals surface area (Å²) >= 11 is 2.88. The number of nitrogens with one attached hydrogen (secondary N) is 1. The van der Waals surface area contributed by atoms with Crippen LogP contribution in [0.1, 0.15) is 22.8 Å². The fourth-order valence-corrected chi connectivity index (χ4v) is 6.58. The Hall–Kier alpha value is -4.81. The summed E-state index contributed by atoms with van der Waals surface area (Å²) in [5, 5.41) is 3.27. The van der Waals surface area contributed by atoms with Gasteiger partial charge in [0.25, 0.3) is 11.5 Å². The van der Waals surface area contributed by atoms with Gasteiger partial charge in [0, 0.05) is 42.9 Å². The highest BCUT2D eigenvalue weighted by Gasteiger charge is 2.20. The van der Waals surface area contributed by atoms with Crippen molar-refractivity contribution in [2.75, 3.05) is 11.1 Å². The van der Waals surface area contributed by atoms with Gasteiger partial charge >= 0.3 is 0 Å². The molecule has 222 valence electrons. The van der Waals surface area contributed by atoms with Crippen molar-refractivity contribution in [3.63, 3.8) is 0 Å². The van der Waals surface area contributed by atoms with Crippen LogP contribution in [0, 0.1) is 18.6 Å². The maximum atomic E-state index is 15.3. The number of carbonyl (C=O) groups is 1. The number of halogens is 2. The van der Waals surface area contributed by atoms with Crippen LogP contribution < -0.4 is 15.6 Å². The molecule has 0 bridgehead atoms. The van der Waals surface area contributed by atoms with Gasteiger partial charge in [-0.2, -0.15) is 0 Å². The van der Waals surface area contributed by atoms with E-state index < -0.39 is 23.1 Å². The zero-order chi connectivity index (χ0) is 31.0. The van der Waals surface area contributed by atoms with Crippen molar-refractivity contribution in [2.24, 2.45) is 7.05 Å². The average Bonchev–Trinajstić information content (AvgIpc) is 3.64. The van der Waals surface area contributed by atoms with Crippen LogP contribution in [0.4, 0.5) is 14.5 Å². The Morgan fingerprint density at radius 3 is 2.55 bits per heavy atom. The first-order chi connectivity index (χ1) is 21.2. The van der Waals surface area contributed by atoms with E-state index in [4.69, 9.17) is 4.74 Å². The lowest BCUT2D eigenvalue weighted by molar-refractivity contribution is 0.102. The first-order valence-corrected chi connectivity index (χ1v) is 15.3. The number of thioether (sulfide) groups is 1. The van der Waals surface area contributed by atoms with Crippen molar-refractivity contribution in [2.45, 2.75) is 18.9 Å². The maximum absolute atomic E-state index is 15.3. The second kappa shape index (κ2) is 12.1. The molecular formula is C32H25F2N5O3S2. The molecule has 0 spiro atoms. The van der Waals surface area contributed by atoms with Crippen molar-refractivity contribution < 1.29 is 18.3 Å². The van der Waals surface area contributed by atoms with Crippen molar-refractivity contribution >= 4 is 44.9 Å². The topological polar surface area (TPSA) is 91.0 Å². The van der Waals surface area contributed by atoms with E-state index in [0.29, 0.717) is 33.3 Å². The number of nitrogens with zero attached hydrogens (tertiary/aromatic N) is 4. The van der Waals surface area contributed by atoms with Gasteiger partial charge in [-0.1, -0.05) is 6.92 Å². The monoisotopic (exact) mass is 629 g/mol. The number of hydrogen-bond acceptors (Lipinski definition) is 7. The summed E-state index contributed by atoms with van der Waals surface area (Å²) in [6.45, 7) is 3.74. The zero-order valence-electron chi connectivity index (χ0n) is 23.8. The number of benzene rings is 2. The van der Waals surface area contributed by atoms with E-state index in [9.17, 15) is 14.0 Å². The highest BCUT2D eigenvalue weighted by Crippen LogP contribution is 2.39. The number of ether oxygens (including phenoxy) is 1. The van der Waals surface area contributed by atoms with Crippen LogP contribution in [0.3, 0.4) is 0 Å². The van der Waals surface area contributed by atoms with E-state index in [1.807, 2.05) is 30.8 Å². The van der Waals surface area contributed by atoms with Crippen LogP contribution in [0.25, 0.3) is 26.5 Å². The fourth-order valence-electron chi connectivity index (χ4n) is 4.67. The van der Waals surface area contributed by atoms with Crippen molar-refractivity contribution in [1.82, 2.24) is 19.1 Å². The van der Waals surface area contributed by atoms with Crippen molar-refractivity contribution in [1.29, 1.82) is 0 Å². The molecule has 0 atom stereocenters. The second-order valence-corrected chi connectivity index (χ2v) is 12.2. The molecule has 0 aliphatic carbocycles. The third kappa shape index (κ3) is 5.73. The number of imidazole rings is 1. The molecule has 8 nitrogen and oxygen atoms in total. The predicted molar refractivity (Wildman–Crippen MR) is 169 cm³/mol. The minimum atomic E-state index is -0.705. The third-order valence-corrected chi connectivity index (χ3v) is 8.92. The summed E-state index contributed by atoms with van der Waals surface area (Å²) < 4.78 is 38.8. The van der Waals surface area contributed by atoms with Gasteiger partial charge < -0.3 is 14.6 Å². The van der Waals surface area contributed by atoms with E-state index >= 15 is 4.39 Å². The third-order valence-electron chi connectivity index (χ3n) is 6.69. The molecule has 0 unspecified atom stereocenters. The molecule has 12 heteroatoms. The van der Waals surface area contributed by atoms with Crippen LogP contribution in [-0.4, -0.2) is 30.8 Å². The van der Waals surface area contributed by atoms with Gasteiger partial charge in [-0.3, -0.25) is 19.1 Å². The quantitative estimate of drug-likeness (QED) is 0.175. The van der Waals surface area contributed by atoms with E-state index in [2.05, 4.69) is 15.3 Å². The normalized spacial score (nSPS) is 11.2. The molecule has 1 amide bonds. The molecule has 2 aromatic carbocycles. The SMILES string of the molecule is CCSc1c(C)cc(C(=O)Nc2ccc(Oc3ccnc4cc(-c5cn(C)cn5)sc34)c(F)c2)c(=O)n1-c1ccc(F)cc1. The number of carbonyl (C=O) groups excluding carboxylic acids is 1. The molecule has 1 N–H and O–H groups in total. The summed E-state index contributed by atoms with van der Waals surface area (Å²) in [6, 6.07) is 14.6. The van der Waals surface area contributed by atoms with Gasteiger partial charge in [-0.25, -0.2) is 13.8 Å². The van der Waals surface area contributed by atoms with E-state index in [1.54, 1.807) is 25.5 Å². The number of fused-ring (bicyclic) bond motifs is 1. The van der Waals surface area contributed by atoms with E-state index in [1.165, 1.54) is 70.1 Å². The van der Waals surface area contributed by atoms with Gasteiger partial charge in [-0.05, 0) is 66.8 Å². The first-order valence-electron chi connectivity index (χ1n) is 13.5. The lowest BCUT2D eigenvalue weighted by Crippen LogP contribution is -2.30. The van der Waals surface area contributed by atoms with Gasteiger partial charge in [-0.15, -0.1) is 23.1 Å². The number of amides is 1. The standard InChI is InChI=1S/C32H25F2N5O3S2/c1-4-43-32-18(2)13-22(31(41)39(32)21-8-5-19(33)6-9-21)30(40)37-20-7-10-26(23(34)14-20)42-27-11-12-35-24-15-28(44-29(24)27)25-16-38(3)17-36-25/h5-17H,4H2,1-3H3,(H,37,40). The minimum absolute atomic E-state index is 0.0428. The highest BCUT2D eigenvalue weighted by atomic mass is 32.2. The first kappa shape index (κ1) is 29.3. The van der Waals surface area contributed by atoms with Gasteiger partial charge in [0.05, 0.1) is 32.1 Å². The molecule has 4 aromatic heterocycles. The number of thiophene rings is 1. The Balaban J connectivity index is 1.26. The van der Waals surface area contributed by atoms with Crippen LogP contribution in [0.2, 0.25) is 0 Å². The minimum Gasteiger partial charge on any atom is -0.453 e. The van der Waals surface area contributed by atoms with Gasteiger partial charge in [0.2, 0.25) is 0 Å². The fraction of sp³-hybridized carbons (Fsp3) is 0.125. The number of pyridine rings is 2. The van der Waals surface area contributed by atoms with E-state index in [0.717, 1.165) is 21.3 Å². The molecule has 0 saturated carbocycles. The van der Waals surface area contributed by atoms with Crippen LogP contribution in [0.5, 0.6) is 11.5 Å². The number of aryl methyl sites for hydroxylation is 2. The zero-order valence-corrected chi connectivity index (χ0v) is 25.4. The maximum Gasteiger partial charge on any atom is 0.268 e. The molecule has 6 rings (SSSR count). The van der Waals surface area contributed by atoms with Crippen LogP contribution >= 0.6 is 23.1 Å². The summed E-state index contributed by atoms with van der Waals surface area (Å²) in [5.74, 6) is -0.776. The molecular weight excluding hydrogens is 605 g/mol. The highest BCUT2D eigenvalue weighted by molar-refractivity contribution is 7.99. The second-order valence-electron chi connectivity index (χ2n) is 9.86. The Morgan fingerprint density at radius 2 is 1.84 bits per heavy atom. The molecule has 44 heavy (non-hydrogen) atoms. The lowest BCUT2D eigenvalue weighted by atomic mass is 10.1. The molecule has 0 saturated heterocycles. The summed E-state index contributed by atoms with van der Waals surface area (Å²) in [7, 11) is 1.89. The average molecular weight is 630 g/mol. The number of hydrogen-bond donors (Lipinski definition) is 1. The Bertz CT molecular complexity index is 2090. The number of rotatable bonds is 8. The van der Waals surface area contributed by atoms with Crippen LogP contribution in [-0.2, 0) is 7.05 Å². The molecule has 4 heterocycles. The summed E-state index contributed by atoms with van der Waals surface area (Å²) in [6.07, 6.45) is 5.20. The van der Waals surface area contributed by atoms with Crippen LogP contribution in [0.15, 0.2) is 89.2 Å². The number of anilines is 1. The Kier molecular flexibility index (Phi) is 8.02. The summed E-state index contributed by atoms with van der Waals surface area (Å²) in [4.78, 5) is 36.5. The van der Waals surface area contributed by atoms with Gasteiger partial charge in [0.1, 0.15) is 17.1 Å². The largest absolute Gasteiger partial charge is 0.453 e. The Labute approximate surface area is 259 Å². The molecule has 0 aliphatic heterocycles.